The summed E-state index contributed by atoms with van der Waals surface area (Å²) < 4.78 is 0. The molecule has 0 atom stereocenters. The van der Waals surface area contributed by atoms with E-state index in [1.165, 1.54) is 0 Å². The first-order valence-electron chi connectivity index (χ1n) is 7.18. The van der Waals surface area contributed by atoms with Gasteiger partial charge in [-0.25, -0.2) is 0 Å². The van der Waals surface area contributed by atoms with Crippen molar-refractivity contribution in [1.82, 2.24) is 15.0 Å². The summed E-state index contributed by atoms with van der Waals surface area (Å²) in [4.78, 5) is 16.8. The molecule has 0 amide bonds. The number of unbranched alkanes of at least 4 members (excludes halogenated alkanes) is 1. The van der Waals surface area contributed by atoms with Crippen LogP contribution in [0.2, 0.25) is 5.28 Å². The first-order valence-corrected chi connectivity index (χ1v) is 7.56. The lowest BCUT2D eigenvalue weighted by molar-refractivity contribution is 0.301. The standard InChI is InChI=1S/C13H24ClN5O/c1-4-7-8-19(9-10-20)13-16-11(14)15-12(17-13)18(5-2)6-3/h20H,4-10H2,1-3H3. The van der Waals surface area contributed by atoms with Gasteiger partial charge in [-0.05, 0) is 31.9 Å². The Labute approximate surface area is 125 Å². The van der Waals surface area contributed by atoms with E-state index in [-0.39, 0.29) is 11.9 Å². The smallest absolute Gasteiger partial charge is 0.231 e. The fraction of sp³-hybridized carbons (Fsp3) is 0.769. The molecule has 0 aromatic carbocycles. The lowest BCUT2D eigenvalue weighted by atomic mass is 10.3. The van der Waals surface area contributed by atoms with E-state index in [9.17, 15) is 5.11 Å². The Morgan fingerprint density at radius 1 is 0.950 bits per heavy atom. The zero-order chi connectivity index (χ0) is 15.0. The highest BCUT2D eigenvalue weighted by Crippen LogP contribution is 2.17. The topological polar surface area (TPSA) is 65.4 Å². The summed E-state index contributed by atoms with van der Waals surface area (Å²) >= 11 is 6.01. The second-order valence-electron chi connectivity index (χ2n) is 4.44. The predicted molar refractivity (Wildman–Crippen MR) is 82.6 cm³/mol. The monoisotopic (exact) mass is 301 g/mol. The van der Waals surface area contributed by atoms with Crippen molar-refractivity contribution in [2.24, 2.45) is 0 Å². The zero-order valence-corrected chi connectivity index (χ0v) is 13.3. The van der Waals surface area contributed by atoms with Gasteiger partial charge in [0.1, 0.15) is 0 Å². The molecule has 0 aliphatic rings. The summed E-state index contributed by atoms with van der Waals surface area (Å²) in [6, 6.07) is 0. The molecule has 0 unspecified atom stereocenters. The Morgan fingerprint density at radius 3 is 2.05 bits per heavy atom. The van der Waals surface area contributed by atoms with Gasteiger partial charge >= 0.3 is 0 Å². The van der Waals surface area contributed by atoms with Gasteiger partial charge in [0.25, 0.3) is 0 Å². The van der Waals surface area contributed by atoms with Crippen LogP contribution in [0.25, 0.3) is 0 Å². The van der Waals surface area contributed by atoms with Crippen LogP contribution in [0.3, 0.4) is 0 Å². The summed E-state index contributed by atoms with van der Waals surface area (Å²) in [5.41, 5.74) is 0. The van der Waals surface area contributed by atoms with Gasteiger partial charge in [0.2, 0.25) is 17.2 Å². The summed E-state index contributed by atoms with van der Waals surface area (Å²) in [7, 11) is 0. The van der Waals surface area contributed by atoms with E-state index in [0.29, 0.717) is 18.4 Å². The molecular formula is C13H24ClN5O. The zero-order valence-electron chi connectivity index (χ0n) is 12.5. The van der Waals surface area contributed by atoms with Gasteiger partial charge in [0, 0.05) is 26.2 Å². The molecule has 0 bridgehead atoms. The minimum Gasteiger partial charge on any atom is -0.395 e. The maximum Gasteiger partial charge on any atom is 0.231 e. The largest absolute Gasteiger partial charge is 0.395 e. The molecule has 0 saturated heterocycles. The van der Waals surface area contributed by atoms with Crippen molar-refractivity contribution in [2.75, 3.05) is 42.6 Å². The molecule has 0 saturated carbocycles. The average Bonchev–Trinajstić information content (AvgIpc) is 2.44. The van der Waals surface area contributed by atoms with Gasteiger partial charge in [-0.15, -0.1) is 0 Å². The minimum atomic E-state index is 0.0631. The Morgan fingerprint density at radius 2 is 1.55 bits per heavy atom. The predicted octanol–water partition coefficient (Wildman–Crippen LogP) is 1.97. The molecule has 6 nitrogen and oxygen atoms in total. The lowest BCUT2D eigenvalue weighted by Gasteiger charge is -2.24. The number of anilines is 2. The van der Waals surface area contributed by atoms with E-state index in [2.05, 4.69) is 21.9 Å². The highest BCUT2D eigenvalue weighted by atomic mass is 35.5. The van der Waals surface area contributed by atoms with E-state index >= 15 is 0 Å². The number of aliphatic hydroxyl groups is 1. The third kappa shape index (κ3) is 4.76. The van der Waals surface area contributed by atoms with Gasteiger partial charge in [-0.1, -0.05) is 13.3 Å². The van der Waals surface area contributed by atoms with Gasteiger partial charge in [-0.2, -0.15) is 15.0 Å². The van der Waals surface area contributed by atoms with Gasteiger partial charge in [0.15, 0.2) is 0 Å². The molecule has 1 N–H and O–H groups in total. The summed E-state index contributed by atoms with van der Waals surface area (Å²) in [6.45, 7) is 9.20. The number of aromatic nitrogens is 3. The van der Waals surface area contributed by atoms with Crippen LogP contribution in [-0.4, -0.2) is 52.8 Å². The third-order valence-electron chi connectivity index (χ3n) is 3.07. The van der Waals surface area contributed by atoms with Gasteiger partial charge in [-0.3, -0.25) is 0 Å². The van der Waals surface area contributed by atoms with Crippen molar-refractivity contribution in [1.29, 1.82) is 0 Å². The average molecular weight is 302 g/mol. The van der Waals surface area contributed by atoms with Crippen molar-refractivity contribution in [3.05, 3.63) is 5.28 Å². The molecule has 7 heteroatoms. The first kappa shape index (κ1) is 16.9. The Balaban J connectivity index is 3.01. The summed E-state index contributed by atoms with van der Waals surface area (Å²) in [6.07, 6.45) is 2.09. The molecule has 1 aromatic rings. The fourth-order valence-electron chi connectivity index (χ4n) is 1.90. The van der Waals surface area contributed by atoms with Crippen molar-refractivity contribution >= 4 is 23.5 Å². The van der Waals surface area contributed by atoms with Crippen LogP contribution in [0, 0.1) is 0 Å². The van der Waals surface area contributed by atoms with Gasteiger partial charge < -0.3 is 14.9 Å². The molecule has 0 aliphatic carbocycles. The molecule has 1 aromatic heterocycles. The Bertz CT molecular complexity index is 400. The van der Waals surface area contributed by atoms with Crippen LogP contribution >= 0.6 is 11.6 Å². The molecule has 1 rings (SSSR count). The molecule has 0 radical (unpaired) electrons. The van der Waals surface area contributed by atoms with Crippen LogP contribution in [-0.2, 0) is 0 Å². The van der Waals surface area contributed by atoms with Crippen molar-refractivity contribution < 1.29 is 5.11 Å². The van der Waals surface area contributed by atoms with Crippen molar-refractivity contribution in [3.8, 4) is 0 Å². The molecule has 20 heavy (non-hydrogen) atoms. The molecular weight excluding hydrogens is 278 g/mol. The third-order valence-corrected chi connectivity index (χ3v) is 3.23. The number of hydrogen-bond acceptors (Lipinski definition) is 6. The number of rotatable bonds is 9. The normalized spacial score (nSPS) is 10.7. The quantitative estimate of drug-likeness (QED) is 0.752. The second kappa shape index (κ2) is 8.92. The maximum atomic E-state index is 9.18. The van der Waals surface area contributed by atoms with E-state index in [1.807, 2.05) is 23.6 Å². The first-order chi connectivity index (χ1) is 9.65. The van der Waals surface area contributed by atoms with Crippen LogP contribution in [0.4, 0.5) is 11.9 Å². The van der Waals surface area contributed by atoms with Crippen molar-refractivity contribution in [3.63, 3.8) is 0 Å². The molecule has 0 spiro atoms. The van der Waals surface area contributed by atoms with E-state index in [1.54, 1.807) is 0 Å². The lowest BCUT2D eigenvalue weighted by Crippen LogP contribution is -2.31. The van der Waals surface area contributed by atoms with Crippen molar-refractivity contribution in [2.45, 2.75) is 33.6 Å². The van der Waals surface area contributed by atoms with Crippen LogP contribution in [0.5, 0.6) is 0 Å². The second-order valence-corrected chi connectivity index (χ2v) is 4.78. The highest BCUT2D eigenvalue weighted by molar-refractivity contribution is 6.28. The van der Waals surface area contributed by atoms with Crippen LogP contribution < -0.4 is 9.80 Å². The maximum absolute atomic E-state index is 9.18. The molecule has 0 fully saturated rings. The number of aliphatic hydroxyl groups excluding tert-OH is 1. The summed E-state index contributed by atoms with van der Waals surface area (Å²) in [5, 5.41) is 9.37. The molecule has 114 valence electrons. The Kier molecular flexibility index (Phi) is 7.54. The van der Waals surface area contributed by atoms with Crippen LogP contribution in [0.1, 0.15) is 33.6 Å². The van der Waals surface area contributed by atoms with E-state index in [0.717, 1.165) is 32.5 Å². The SMILES string of the molecule is CCCCN(CCO)c1nc(Cl)nc(N(CC)CC)n1. The van der Waals surface area contributed by atoms with Gasteiger partial charge in [0.05, 0.1) is 6.61 Å². The van der Waals surface area contributed by atoms with Crippen LogP contribution in [0.15, 0.2) is 0 Å². The molecule has 0 aliphatic heterocycles. The number of hydrogen-bond donors (Lipinski definition) is 1. The summed E-state index contributed by atoms with van der Waals surface area (Å²) in [5.74, 6) is 1.12. The van der Waals surface area contributed by atoms with E-state index in [4.69, 9.17) is 11.6 Å². The van der Waals surface area contributed by atoms with E-state index < -0.39 is 0 Å². The number of nitrogens with zero attached hydrogens (tertiary/aromatic N) is 5. The fourth-order valence-corrected chi connectivity index (χ4v) is 2.05. The number of halogens is 1. The highest BCUT2D eigenvalue weighted by Gasteiger charge is 2.14. The minimum absolute atomic E-state index is 0.0631. The Hall–Kier alpha value is -1.14. The molecule has 1 heterocycles.